The molecule has 30 heavy (non-hydrogen) atoms. The maximum absolute atomic E-state index is 5.53. The summed E-state index contributed by atoms with van der Waals surface area (Å²) in [6, 6.07) is 9.47. The smallest absolute Gasteiger partial charge is 0.191 e. The summed E-state index contributed by atoms with van der Waals surface area (Å²) in [5.41, 5.74) is 2.61. The third kappa shape index (κ3) is 7.36. The third-order valence-corrected chi connectivity index (χ3v) is 6.75. The fourth-order valence-corrected chi connectivity index (χ4v) is 5.02. The zero-order chi connectivity index (χ0) is 21.2. The molecule has 2 aliphatic heterocycles. The lowest BCUT2D eigenvalue weighted by atomic mass is 10.0. The molecule has 2 heterocycles. The van der Waals surface area contributed by atoms with Crippen molar-refractivity contribution in [1.82, 2.24) is 15.5 Å². The van der Waals surface area contributed by atoms with Gasteiger partial charge in [0.25, 0.3) is 0 Å². The molecule has 1 aromatic carbocycles. The van der Waals surface area contributed by atoms with E-state index in [1.54, 1.807) is 0 Å². The number of guanidine groups is 1. The Morgan fingerprint density at radius 2 is 1.77 bits per heavy atom. The van der Waals surface area contributed by atoms with Crippen LogP contribution in [0.15, 0.2) is 29.3 Å². The van der Waals surface area contributed by atoms with Gasteiger partial charge in [-0.05, 0) is 30.0 Å². The molecule has 3 rings (SSSR count). The number of hydrogen-bond donors (Lipinski definition) is 2. The van der Waals surface area contributed by atoms with E-state index in [-0.39, 0.29) is 0 Å². The minimum absolute atomic E-state index is 0.509. The van der Waals surface area contributed by atoms with E-state index in [0.29, 0.717) is 12.0 Å². The third-order valence-electron chi connectivity index (χ3n) is 5.81. The molecule has 7 heteroatoms. The minimum Gasteiger partial charge on any atom is -0.379 e. The Labute approximate surface area is 186 Å². The Kier molecular flexibility index (Phi) is 9.62. The average molecular weight is 434 g/mol. The summed E-state index contributed by atoms with van der Waals surface area (Å²) >= 11 is 2.05. The van der Waals surface area contributed by atoms with E-state index in [2.05, 4.69) is 63.5 Å². The Morgan fingerprint density at radius 1 is 1.07 bits per heavy atom. The molecule has 0 saturated carbocycles. The molecule has 0 bridgehead atoms. The molecule has 6 nitrogen and oxygen atoms in total. The first kappa shape index (κ1) is 23.2. The summed E-state index contributed by atoms with van der Waals surface area (Å²) in [5, 5.41) is 7.03. The summed E-state index contributed by atoms with van der Waals surface area (Å²) in [4.78, 5) is 9.47. The SMILES string of the molecule is CN=C(NCc1ccc(N2CCSCC2)cc1)NCC(CC(C)C)N1CCOCC1. The van der Waals surface area contributed by atoms with Crippen molar-refractivity contribution in [3.63, 3.8) is 0 Å². The largest absolute Gasteiger partial charge is 0.379 e. The quantitative estimate of drug-likeness (QED) is 0.486. The van der Waals surface area contributed by atoms with Crippen molar-refractivity contribution < 1.29 is 4.74 Å². The Balaban J connectivity index is 1.47. The number of aliphatic imine (C=N–C) groups is 1. The highest BCUT2D eigenvalue weighted by atomic mass is 32.2. The number of rotatable bonds is 8. The number of thioether (sulfide) groups is 1. The minimum atomic E-state index is 0.509. The molecule has 1 aromatic rings. The molecular weight excluding hydrogens is 394 g/mol. The van der Waals surface area contributed by atoms with Crippen LogP contribution in [0.4, 0.5) is 5.69 Å². The van der Waals surface area contributed by atoms with Crippen molar-refractivity contribution in [2.24, 2.45) is 10.9 Å². The van der Waals surface area contributed by atoms with Crippen LogP contribution in [-0.2, 0) is 11.3 Å². The van der Waals surface area contributed by atoms with Crippen molar-refractivity contribution >= 4 is 23.4 Å². The van der Waals surface area contributed by atoms with Gasteiger partial charge < -0.3 is 20.3 Å². The molecule has 168 valence electrons. The number of nitrogens with zero attached hydrogens (tertiary/aromatic N) is 3. The number of benzene rings is 1. The molecule has 1 unspecified atom stereocenters. The second kappa shape index (κ2) is 12.4. The topological polar surface area (TPSA) is 52.1 Å². The Hall–Kier alpha value is -1.44. The predicted molar refractivity (Wildman–Crippen MR) is 130 cm³/mol. The summed E-state index contributed by atoms with van der Waals surface area (Å²) in [6.07, 6.45) is 1.18. The number of anilines is 1. The van der Waals surface area contributed by atoms with Crippen molar-refractivity contribution in [3.8, 4) is 0 Å². The van der Waals surface area contributed by atoms with E-state index >= 15 is 0 Å². The van der Waals surface area contributed by atoms with Crippen LogP contribution in [0, 0.1) is 5.92 Å². The highest BCUT2D eigenvalue weighted by Gasteiger charge is 2.22. The molecule has 0 amide bonds. The standard InChI is InChI=1S/C23H39N5OS/c1-19(2)16-22(27-8-12-29-13-9-27)18-26-23(24-3)25-17-20-4-6-21(7-5-20)28-10-14-30-15-11-28/h4-7,19,22H,8-18H2,1-3H3,(H2,24,25,26). The highest BCUT2D eigenvalue weighted by molar-refractivity contribution is 7.99. The fraction of sp³-hybridized carbons (Fsp3) is 0.696. The number of ether oxygens (including phenoxy) is 1. The lowest BCUT2D eigenvalue weighted by Gasteiger charge is -2.35. The zero-order valence-corrected chi connectivity index (χ0v) is 19.7. The van der Waals surface area contributed by atoms with Gasteiger partial charge in [0.05, 0.1) is 13.2 Å². The van der Waals surface area contributed by atoms with E-state index < -0.39 is 0 Å². The zero-order valence-electron chi connectivity index (χ0n) is 18.9. The van der Waals surface area contributed by atoms with E-state index in [1.807, 2.05) is 18.8 Å². The maximum atomic E-state index is 5.53. The lowest BCUT2D eigenvalue weighted by molar-refractivity contribution is 0.0132. The molecule has 2 N–H and O–H groups in total. The molecule has 0 aromatic heterocycles. The lowest BCUT2D eigenvalue weighted by Crippen LogP contribution is -2.50. The van der Waals surface area contributed by atoms with Gasteiger partial charge in [-0.3, -0.25) is 9.89 Å². The molecule has 0 radical (unpaired) electrons. The number of nitrogens with one attached hydrogen (secondary N) is 2. The highest BCUT2D eigenvalue weighted by Crippen LogP contribution is 2.20. The van der Waals surface area contributed by atoms with E-state index in [4.69, 9.17) is 4.74 Å². The number of morpholine rings is 1. The molecule has 2 aliphatic rings. The van der Waals surface area contributed by atoms with Crippen LogP contribution >= 0.6 is 11.8 Å². The van der Waals surface area contributed by atoms with Crippen molar-refractivity contribution in [2.75, 3.05) is 69.4 Å². The molecule has 2 fully saturated rings. The summed E-state index contributed by atoms with van der Waals surface area (Å²) < 4.78 is 5.53. The average Bonchev–Trinajstić information content (AvgIpc) is 2.79. The van der Waals surface area contributed by atoms with E-state index in [1.165, 1.54) is 29.2 Å². The molecule has 1 atom stereocenters. The van der Waals surface area contributed by atoms with Crippen LogP contribution in [0.5, 0.6) is 0 Å². The first-order chi connectivity index (χ1) is 14.7. The van der Waals surface area contributed by atoms with Crippen molar-refractivity contribution in [2.45, 2.75) is 32.9 Å². The second-order valence-electron chi connectivity index (χ2n) is 8.50. The van der Waals surface area contributed by atoms with Crippen LogP contribution in [0.25, 0.3) is 0 Å². The van der Waals surface area contributed by atoms with Crippen molar-refractivity contribution in [3.05, 3.63) is 29.8 Å². The van der Waals surface area contributed by atoms with Crippen LogP contribution in [0.3, 0.4) is 0 Å². The van der Waals surface area contributed by atoms with Gasteiger partial charge in [-0.25, -0.2) is 0 Å². The monoisotopic (exact) mass is 433 g/mol. The maximum Gasteiger partial charge on any atom is 0.191 e. The molecule has 2 saturated heterocycles. The van der Waals surface area contributed by atoms with Gasteiger partial charge in [0, 0.05) is 69.6 Å². The predicted octanol–water partition coefficient (Wildman–Crippen LogP) is 2.65. The van der Waals surface area contributed by atoms with Gasteiger partial charge in [-0.1, -0.05) is 26.0 Å². The van der Waals surface area contributed by atoms with Gasteiger partial charge in [0.15, 0.2) is 5.96 Å². The summed E-state index contributed by atoms with van der Waals surface area (Å²) in [5.74, 6) is 4.00. The number of hydrogen-bond acceptors (Lipinski definition) is 5. The summed E-state index contributed by atoms with van der Waals surface area (Å²) in [7, 11) is 1.85. The van der Waals surface area contributed by atoms with Gasteiger partial charge >= 0.3 is 0 Å². The van der Waals surface area contributed by atoms with Crippen molar-refractivity contribution in [1.29, 1.82) is 0 Å². The molecular formula is C23H39N5OS. The van der Waals surface area contributed by atoms with Gasteiger partial charge in [0.1, 0.15) is 0 Å². The van der Waals surface area contributed by atoms with Gasteiger partial charge in [0.2, 0.25) is 0 Å². The van der Waals surface area contributed by atoms with Crippen LogP contribution < -0.4 is 15.5 Å². The summed E-state index contributed by atoms with van der Waals surface area (Å²) in [6.45, 7) is 12.3. The first-order valence-corrected chi connectivity index (χ1v) is 12.5. The van der Waals surface area contributed by atoms with E-state index in [9.17, 15) is 0 Å². The Morgan fingerprint density at radius 3 is 2.40 bits per heavy atom. The van der Waals surface area contributed by atoms with Gasteiger partial charge in [-0.15, -0.1) is 0 Å². The van der Waals surface area contributed by atoms with Crippen LogP contribution in [-0.4, -0.2) is 81.4 Å². The molecule has 0 aliphatic carbocycles. The molecule has 0 spiro atoms. The van der Waals surface area contributed by atoms with Crippen LogP contribution in [0.1, 0.15) is 25.8 Å². The second-order valence-corrected chi connectivity index (χ2v) is 9.73. The normalized spacial score (nSPS) is 19.7. The Bertz CT molecular complexity index is 639. The van der Waals surface area contributed by atoms with E-state index in [0.717, 1.165) is 58.4 Å². The van der Waals surface area contributed by atoms with Gasteiger partial charge in [-0.2, -0.15) is 11.8 Å². The first-order valence-electron chi connectivity index (χ1n) is 11.3. The fourth-order valence-electron chi connectivity index (χ4n) is 4.12. The van der Waals surface area contributed by atoms with Crippen LogP contribution in [0.2, 0.25) is 0 Å².